The standard InChI is InChI=1S/C10H13ClO2S/c1-7-6-10(12,4-5-13-7)8-2-3-9(11)14-8/h2-3,7,12H,4-6H2,1H3. The van der Waals surface area contributed by atoms with Gasteiger partial charge in [-0.05, 0) is 19.1 Å². The van der Waals surface area contributed by atoms with E-state index in [2.05, 4.69) is 0 Å². The van der Waals surface area contributed by atoms with Crippen molar-refractivity contribution in [1.82, 2.24) is 0 Å². The summed E-state index contributed by atoms with van der Waals surface area (Å²) in [6, 6.07) is 3.74. The zero-order chi connectivity index (χ0) is 10.2. The third-order valence-electron chi connectivity index (χ3n) is 2.58. The van der Waals surface area contributed by atoms with Crippen LogP contribution in [0.2, 0.25) is 4.34 Å². The molecule has 1 saturated heterocycles. The monoisotopic (exact) mass is 232 g/mol. The largest absolute Gasteiger partial charge is 0.384 e. The second kappa shape index (κ2) is 3.81. The first-order valence-electron chi connectivity index (χ1n) is 4.70. The Labute approximate surface area is 92.5 Å². The molecule has 2 heterocycles. The van der Waals surface area contributed by atoms with Crippen molar-refractivity contribution < 1.29 is 9.84 Å². The summed E-state index contributed by atoms with van der Waals surface area (Å²) >= 11 is 7.31. The van der Waals surface area contributed by atoms with Crippen molar-refractivity contribution in [3.63, 3.8) is 0 Å². The molecule has 1 aromatic rings. The Morgan fingerprint density at radius 3 is 3.00 bits per heavy atom. The molecule has 4 heteroatoms. The second-order valence-corrected chi connectivity index (χ2v) is 5.49. The van der Waals surface area contributed by atoms with E-state index in [9.17, 15) is 5.11 Å². The van der Waals surface area contributed by atoms with E-state index < -0.39 is 5.60 Å². The zero-order valence-electron chi connectivity index (χ0n) is 8.00. The van der Waals surface area contributed by atoms with E-state index in [1.807, 2.05) is 19.1 Å². The van der Waals surface area contributed by atoms with Gasteiger partial charge in [0, 0.05) is 17.7 Å². The highest BCUT2D eigenvalue weighted by Gasteiger charge is 2.36. The summed E-state index contributed by atoms with van der Waals surface area (Å²) in [5.41, 5.74) is -0.727. The van der Waals surface area contributed by atoms with Gasteiger partial charge < -0.3 is 9.84 Å². The molecule has 0 radical (unpaired) electrons. The van der Waals surface area contributed by atoms with Gasteiger partial charge >= 0.3 is 0 Å². The summed E-state index contributed by atoms with van der Waals surface area (Å²) in [7, 11) is 0. The number of halogens is 1. The summed E-state index contributed by atoms with van der Waals surface area (Å²) in [6.07, 6.45) is 1.44. The van der Waals surface area contributed by atoms with Gasteiger partial charge in [0.1, 0.15) is 5.60 Å². The first kappa shape index (κ1) is 10.4. The van der Waals surface area contributed by atoms with E-state index in [-0.39, 0.29) is 6.10 Å². The summed E-state index contributed by atoms with van der Waals surface area (Å²) < 4.78 is 6.14. The lowest BCUT2D eigenvalue weighted by Crippen LogP contribution is -2.36. The summed E-state index contributed by atoms with van der Waals surface area (Å²) in [5, 5.41) is 10.4. The van der Waals surface area contributed by atoms with Gasteiger partial charge in [0.15, 0.2) is 0 Å². The van der Waals surface area contributed by atoms with E-state index in [1.54, 1.807) is 0 Å². The first-order valence-corrected chi connectivity index (χ1v) is 5.89. The molecule has 2 atom stereocenters. The summed E-state index contributed by atoms with van der Waals surface area (Å²) in [6.45, 7) is 2.60. The maximum Gasteiger partial charge on any atom is 0.103 e. The van der Waals surface area contributed by atoms with E-state index in [0.717, 1.165) is 9.21 Å². The van der Waals surface area contributed by atoms with Crippen LogP contribution in [0.25, 0.3) is 0 Å². The number of aliphatic hydroxyl groups is 1. The molecule has 0 aromatic carbocycles. The Kier molecular flexibility index (Phi) is 2.84. The molecular weight excluding hydrogens is 220 g/mol. The normalized spacial score (nSPS) is 33.2. The molecule has 0 aliphatic carbocycles. The molecule has 14 heavy (non-hydrogen) atoms. The fourth-order valence-corrected chi connectivity index (χ4v) is 3.02. The minimum Gasteiger partial charge on any atom is -0.384 e. The van der Waals surface area contributed by atoms with E-state index >= 15 is 0 Å². The van der Waals surface area contributed by atoms with Crippen molar-refractivity contribution in [3.8, 4) is 0 Å². The van der Waals surface area contributed by atoms with Crippen LogP contribution in [-0.4, -0.2) is 17.8 Å². The topological polar surface area (TPSA) is 29.5 Å². The van der Waals surface area contributed by atoms with Crippen molar-refractivity contribution in [3.05, 3.63) is 21.3 Å². The van der Waals surface area contributed by atoms with Crippen LogP contribution in [0.15, 0.2) is 12.1 Å². The predicted molar refractivity (Wildman–Crippen MR) is 57.9 cm³/mol. The molecule has 1 aliphatic heterocycles. The van der Waals surface area contributed by atoms with Gasteiger partial charge in [0.25, 0.3) is 0 Å². The maximum absolute atomic E-state index is 10.4. The van der Waals surface area contributed by atoms with Crippen molar-refractivity contribution in [2.45, 2.75) is 31.5 Å². The van der Waals surface area contributed by atoms with Crippen molar-refractivity contribution in [2.75, 3.05) is 6.61 Å². The Hall–Kier alpha value is -0.0900. The highest BCUT2D eigenvalue weighted by molar-refractivity contribution is 7.16. The molecule has 1 aromatic heterocycles. The summed E-state index contributed by atoms with van der Waals surface area (Å²) in [4.78, 5) is 0.956. The van der Waals surface area contributed by atoms with E-state index in [1.165, 1.54) is 11.3 Å². The van der Waals surface area contributed by atoms with Gasteiger partial charge in [-0.3, -0.25) is 0 Å². The molecule has 1 N–H and O–H groups in total. The number of hydrogen-bond acceptors (Lipinski definition) is 3. The minimum atomic E-state index is -0.727. The molecule has 2 nitrogen and oxygen atoms in total. The fourth-order valence-electron chi connectivity index (χ4n) is 1.85. The molecule has 78 valence electrons. The third kappa shape index (κ3) is 1.96. The molecular formula is C10H13ClO2S. The van der Waals surface area contributed by atoms with Crippen LogP contribution in [0.3, 0.4) is 0 Å². The molecule has 0 bridgehead atoms. The highest BCUT2D eigenvalue weighted by Crippen LogP contribution is 2.39. The lowest BCUT2D eigenvalue weighted by Gasteiger charge is -2.34. The van der Waals surface area contributed by atoms with Gasteiger partial charge in [-0.15, -0.1) is 11.3 Å². The van der Waals surface area contributed by atoms with Crippen LogP contribution in [0.1, 0.15) is 24.6 Å². The number of ether oxygens (including phenoxy) is 1. The van der Waals surface area contributed by atoms with Crippen molar-refractivity contribution in [2.24, 2.45) is 0 Å². The Morgan fingerprint density at radius 2 is 2.43 bits per heavy atom. The van der Waals surface area contributed by atoms with Gasteiger partial charge in [0.2, 0.25) is 0 Å². The average Bonchev–Trinajstić information content (AvgIpc) is 2.52. The lowest BCUT2D eigenvalue weighted by atomic mass is 9.89. The molecule has 0 amide bonds. The second-order valence-electron chi connectivity index (χ2n) is 3.77. The minimum absolute atomic E-state index is 0.120. The van der Waals surface area contributed by atoms with Gasteiger partial charge in [0.05, 0.1) is 17.0 Å². The Balaban J connectivity index is 2.22. The smallest absolute Gasteiger partial charge is 0.103 e. The molecule has 2 unspecified atom stereocenters. The number of hydrogen-bond donors (Lipinski definition) is 1. The molecule has 2 rings (SSSR count). The van der Waals surface area contributed by atoms with E-state index in [4.69, 9.17) is 16.3 Å². The van der Waals surface area contributed by atoms with Crippen LogP contribution in [-0.2, 0) is 10.3 Å². The third-order valence-corrected chi connectivity index (χ3v) is 4.00. The fraction of sp³-hybridized carbons (Fsp3) is 0.600. The molecule has 0 saturated carbocycles. The molecule has 1 fully saturated rings. The SMILES string of the molecule is CC1CC(O)(c2ccc(Cl)s2)CCO1. The summed E-state index contributed by atoms with van der Waals surface area (Å²) in [5.74, 6) is 0. The maximum atomic E-state index is 10.4. The van der Waals surface area contributed by atoms with Gasteiger partial charge in [-0.1, -0.05) is 11.6 Å². The quantitative estimate of drug-likeness (QED) is 0.807. The van der Waals surface area contributed by atoms with Crippen LogP contribution in [0.5, 0.6) is 0 Å². The zero-order valence-corrected chi connectivity index (χ0v) is 9.57. The van der Waals surface area contributed by atoms with Crippen LogP contribution >= 0.6 is 22.9 Å². The van der Waals surface area contributed by atoms with E-state index in [0.29, 0.717) is 19.4 Å². The Morgan fingerprint density at radius 1 is 1.64 bits per heavy atom. The van der Waals surface area contributed by atoms with Crippen LogP contribution in [0, 0.1) is 0 Å². The lowest BCUT2D eigenvalue weighted by molar-refractivity contribution is -0.0994. The highest BCUT2D eigenvalue weighted by atomic mass is 35.5. The molecule has 0 spiro atoms. The van der Waals surface area contributed by atoms with Gasteiger partial charge in [-0.2, -0.15) is 0 Å². The number of thiophene rings is 1. The predicted octanol–water partition coefficient (Wildman–Crippen LogP) is 2.79. The first-order chi connectivity index (χ1) is 6.60. The van der Waals surface area contributed by atoms with Crippen LogP contribution < -0.4 is 0 Å². The number of rotatable bonds is 1. The van der Waals surface area contributed by atoms with Gasteiger partial charge in [-0.25, -0.2) is 0 Å². The van der Waals surface area contributed by atoms with Crippen molar-refractivity contribution >= 4 is 22.9 Å². The van der Waals surface area contributed by atoms with Crippen molar-refractivity contribution in [1.29, 1.82) is 0 Å². The Bertz CT molecular complexity index is 326. The van der Waals surface area contributed by atoms with Crippen LogP contribution in [0.4, 0.5) is 0 Å². The average molecular weight is 233 g/mol. The molecule has 1 aliphatic rings.